The van der Waals surface area contributed by atoms with Gasteiger partial charge < -0.3 is 15.5 Å². The summed E-state index contributed by atoms with van der Waals surface area (Å²) in [6.07, 6.45) is 5.33. The summed E-state index contributed by atoms with van der Waals surface area (Å²) in [5.74, 6) is 0.881. The molecule has 7 heteroatoms. The van der Waals surface area contributed by atoms with Crippen molar-refractivity contribution in [2.24, 2.45) is 4.99 Å². The van der Waals surface area contributed by atoms with Crippen LogP contribution in [-0.2, 0) is 6.54 Å². The molecule has 1 atom stereocenters. The zero-order chi connectivity index (χ0) is 18.1. The zero-order valence-corrected chi connectivity index (χ0v) is 17.0. The summed E-state index contributed by atoms with van der Waals surface area (Å²) in [4.78, 5) is 13.9. The van der Waals surface area contributed by atoms with E-state index < -0.39 is 0 Å². The number of piperidine rings is 1. The van der Waals surface area contributed by atoms with E-state index in [9.17, 15) is 0 Å². The molecule has 0 spiro atoms. The van der Waals surface area contributed by atoms with Crippen LogP contribution in [0.4, 0.5) is 5.13 Å². The predicted molar refractivity (Wildman–Crippen MR) is 109 cm³/mol. The molecule has 6 nitrogen and oxygen atoms in total. The molecule has 1 aliphatic heterocycles. The van der Waals surface area contributed by atoms with E-state index in [-0.39, 0.29) is 0 Å². The van der Waals surface area contributed by atoms with Gasteiger partial charge in [-0.25, -0.2) is 9.98 Å². The van der Waals surface area contributed by atoms with Crippen LogP contribution in [0.25, 0.3) is 0 Å². The molecule has 0 aliphatic carbocycles. The van der Waals surface area contributed by atoms with Crippen molar-refractivity contribution >= 4 is 22.4 Å². The lowest BCUT2D eigenvalue weighted by molar-refractivity contribution is 0.147. The van der Waals surface area contributed by atoms with Gasteiger partial charge in [0, 0.05) is 45.2 Å². The first-order chi connectivity index (χ1) is 12.1. The summed E-state index contributed by atoms with van der Waals surface area (Å²) in [6.45, 7) is 9.14. The van der Waals surface area contributed by atoms with Crippen molar-refractivity contribution in [3.8, 4) is 0 Å². The summed E-state index contributed by atoms with van der Waals surface area (Å²) in [6, 6.07) is 0.759. The summed E-state index contributed by atoms with van der Waals surface area (Å²) < 4.78 is 0. The van der Waals surface area contributed by atoms with Gasteiger partial charge >= 0.3 is 0 Å². The number of likely N-dealkylation sites (tertiary alicyclic amines) is 1. The number of nitrogens with one attached hydrogen (secondary N) is 2. The highest BCUT2D eigenvalue weighted by Crippen LogP contribution is 2.19. The van der Waals surface area contributed by atoms with E-state index in [0.717, 1.165) is 42.5 Å². The fraction of sp³-hybridized carbons (Fsp3) is 0.778. The Balaban J connectivity index is 1.82. The molecule has 1 unspecified atom stereocenters. The van der Waals surface area contributed by atoms with Crippen molar-refractivity contribution in [1.29, 1.82) is 0 Å². The van der Waals surface area contributed by atoms with Crippen molar-refractivity contribution in [3.63, 3.8) is 0 Å². The topological polar surface area (TPSA) is 55.8 Å². The lowest BCUT2D eigenvalue weighted by atomic mass is 10.0. The van der Waals surface area contributed by atoms with E-state index in [2.05, 4.69) is 44.7 Å². The highest BCUT2D eigenvalue weighted by Gasteiger charge is 2.19. The van der Waals surface area contributed by atoms with Gasteiger partial charge in [-0.3, -0.25) is 4.90 Å². The van der Waals surface area contributed by atoms with Crippen molar-refractivity contribution in [2.45, 2.75) is 52.1 Å². The van der Waals surface area contributed by atoms with Gasteiger partial charge in [-0.2, -0.15) is 0 Å². The molecule has 2 rings (SSSR count). The number of anilines is 1. The minimum Gasteiger partial charge on any atom is -0.357 e. The van der Waals surface area contributed by atoms with Crippen molar-refractivity contribution in [2.75, 3.05) is 45.2 Å². The summed E-state index contributed by atoms with van der Waals surface area (Å²) in [5.41, 5.74) is 1.02. The molecule has 25 heavy (non-hydrogen) atoms. The predicted octanol–water partition coefficient (Wildman–Crippen LogP) is 2.53. The third-order valence-corrected chi connectivity index (χ3v) is 5.63. The monoisotopic (exact) mass is 366 g/mol. The van der Waals surface area contributed by atoms with Crippen molar-refractivity contribution in [1.82, 2.24) is 20.5 Å². The molecule has 0 amide bonds. The van der Waals surface area contributed by atoms with Crippen LogP contribution in [0.3, 0.4) is 0 Å². The molecule has 0 saturated carbocycles. The molecule has 2 heterocycles. The van der Waals surface area contributed by atoms with E-state index in [0.29, 0.717) is 6.54 Å². The van der Waals surface area contributed by atoms with E-state index in [1.54, 1.807) is 11.3 Å². The van der Waals surface area contributed by atoms with E-state index in [1.807, 2.05) is 19.0 Å². The Hall–Kier alpha value is -1.34. The molecule has 1 fully saturated rings. The molecule has 0 radical (unpaired) electrons. The maximum atomic E-state index is 4.68. The lowest BCUT2D eigenvalue weighted by Gasteiger charge is -2.35. The summed E-state index contributed by atoms with van der Waals surface area (Å²) in [7, 11) is 4.03. The standard InChI is InChI=1S/C18H34N6S/c1-5-16-9-7-8-11-24(16)12-10-20-17(19-6-2)21-13-15-14-25-18(22-15)23(3)4/h14,16H,5-13H2,1-4H3,(H2,19,20,21). The SMILES string of the molecule is CCNC(=NCc1csc(N(C)C)n1)NCCN1CCCCC1CC. The number of aromatic nitrogens is 1. The molecule has 1 saturated heterocycles. The van der Waals surface area contributed by atoms with Gasteiger partial charge in [0.05, 0.1) is 12.2 Å². The highest BCUT2D eigenvalue weighted by molar-refractivity contribution is 7.13. The zero-order valence-electron chi connectivity index (χ0n) is 16.2. The number of rotatable bonds is 8. The van der Waals surface area contributed by atoms with Crippen LogP contribution < -0.4 is 15.5 Å². The fourth-order valence-electron chi connectivity index (χ4n) is 3.21. The lowest BCUT2D eigenvalue weighted by Crippen LogP contribution is -2.45. The average molecular weight is 367 g/mol. The van der Waals surface area contributed by atoms with Crippen molar-refractivity contribution in [3.05, 3.63) is 11.1 Å². The van der Waals surface area contributed by atoms with Gasteiger partial charge in [0.15, 0.2) is 11.1 Å². The van der Waals surface area contributed by atoms with E-state index in [1.165, 1.54) is 32.2 Å². The number of hydrogen-bond donors (Lipinski definition) is 2. The maximum absolute atomic E-state index is 4.68. The van der Waals surface area contributed by atoms with Crippen LogP contribution >= 0.6 is 11.3 Å². The second kappa shape index (κ2) is 10.6. The number of aliphatic imine (C=N–C) groups is 1. The first-order valence-electron chi connectivity index (χ1n) is 9.52. The third-order valence-electron chi connectivity index (χ3n) is 4.58. The molecular weight excluding hydrogens is 332 g/mol. The molecule has 0 aromatic carbocycles. The van der Waals surface area contributed by atoms with Gasteiger partial charge in [-0.1, -0.05) is 13.3 Å². The number of nitrogens with zero attached hydrogens (tertiary/aromatic N) is 4. The van der Waals surface area contributed by atoms with Gasteiger partial charge in [0.2, 0.25) is 0 Å². The Morgan fingerprint density at radius 2 is 2.20 bits per heavy atom. The second-order valence-corrected chi connectivity index (χ2v) is 7.57. The third kappa shape index (κ3) is 6.47. The second-order valence-electron chi connectivity index (χ2n) is 6.73. The number of thiazole rings is 1. The van der Waals surface area contributed by atoms with E-state index in [4.69, 9.17) is 0 Å². The van der Waals surface area contributed by atoms with Crippen molar-refractivity contribution < 1.29 is 0 Å². The van der Waals surface area contributed by atoms with Crippen LogP contribution in [0.5, 0.6) is 0 Å². The molecular formula is C18H34N6S. The van der Waals surface area contributed by atoms with Gasteiger partial charge in [-0.05, 0) is 32.7 Å². The fourth-order valence-corrected chi connectivity index (χ4v) is 3.96. The molecule has 1 aromatic rings. The van der Waals surface area contributed by atoms with E-state index >= 15 is 0 Å². The average Bonchev–Trinajstić information content (AvgIpc) is 3.09. The smallest absolute Gasteiger partial charge is 0.191 e. The quantitative estimate of drug-likeness (QED) is 0.547. The van der Waals surface area contributed by atoms with Crippen LogP contribution in [0.1, 0.15) is 45.2 Å². The minimum atomic E-state index is 0.612. The molecule has 142 valence electrons. The molecule has 1 aromatic heterocycles. The Morgan fingerprint density at radius 3 is 2.88 bits per heavy atom. The van der Waals surface area contributed by atoms with Gasteiger partial charge in [-0.15, -0.1) is 11.3 Å². The number of guanidine groups is 1. The van der Waals surface area contributed by atoms with Gasteiger partial charge in [0.1, 0.15) is 0 Å². The maximum Gasteiger partial charge on any atom is 0.191 e. The minimum absolute atomic E-state index is 0.612. The molecule has 2 N–H and O–H groups in total. The number of hydrogen-bond acceptors (Lipinski definition) is 5. The highest BCUT2D eigenvalue weighted by atomic mass is 32.1. The largest absolute Gasteiger partial charge is 0.357 e. The Bertz CT molecular complexity index is 527. The summed E-state index contributed by atoms with van der Waals surface area (Å²) >= 11 is 1.66. The first-order valence-corrected chi connectivity index (χ1v) is 10.4. The van der Waals surface area contributed by atoms with Gasteiger partial charge in [0.25, 0.3) is 0 Å². The molecule has 0 bridgehead atoms. The first kappa shape index (κ1) is 20.0. The Morgan fingerprint density at radius 1 is 1.36 bits per heavy atom. The Kier molecular flexibility index (Phi) is 8.48. The van der Waals surface area contributed by atoms with Crippen LogP contribution in [0, 0.1) is 0 Å². The van der Waals surface area contributed by atoms with Crippen LogP contribution in [0.2, 0.25) is 0 Å². The van der Waals surface area contributed by atoms with Crippen LogP contribution in [-0.4, -0.2) is 62.2 Å². The Labute approximate surface area is 156 Å². The molecule has 1 aliphatic rings. The normalized spacial score (nSPS) is 19.0. The van der Waals surface area contributed by atoms with Crippen LogP contribution in [0.15, 0.2) is 10.4 Å². The summed E-state index contributed by atoms with van der Waals surface area (Å²) in [5, 5.41) is 9.92.